The number of imidazole rings is 1. The topological polar surface area (TPSA) is 85.4 Å². The molecule has 2 aromatic carbocycles. The van der Waals surface area contributed by atoms with E-state index in [-0.39, 0.29) is 5.69 Å². The van der Waals surface area contributed by atoms with Crippen molar-refractivity contribution in [3.63, 3.8) is 0 Å². The van der Waals surface area contributed by atoms with Crippen molar-refractivity contribution in [2.45, 2.75) is 0 Å². The monoisotopic (exact) mass is 357 g/mol. The van der Waals surface area contributed by atoms with Crippen LogP contribution in [-0.4, -0.2) is 26.6 Å². The lowest BCUT2D eigenvalue weighted by atomic mass is 10.1. The van der Waals surface area contributed by atoms with Gasteiger partial charge in [0.25, 0.3) is 0 Å². The van der Waals surface area contributed by atoms with Crippen LogP contribution in [0.4, 0.5) is 5.69 Å². The molecule has 120 valence electrons. The van der Waals surface area contributed by atoms with Gasteiger partial charge in [0, 0.05) is 22.0 Å². The van der Waals surface area contributed by atoms with Gasteiger partial charge in [0.15, 0.2) is 5.17 Å². The van der Waals surface area contributed by atoms with Crippen LogP contribution in [0.3, 0.4) is 0 Å². The number of fused-ring (bicyclic) bond motifs is 1. The Morgan fingerprint density at radius 2 is 1.83 bits per heavy atom. The van der Waals surface area contributed by atoms with Crippen molar-refractivity contribution in [2.75, 3.05) is 11.1 Å². The number of benzene rings is 2. The van der Waals surface area contributed by atoms with Gasteiger partial charge in [-0.1, -0.05) is 29.4 Å². The fourth-order valence-electron chi connectivity index (χ4n) is 2.37. The molecule has 1 aromatic heterocycles. The lowest BCUT2D eigenvalue weighted by Crippen LogP contribution is -2.16. The number of aromatic amines is 2. The molecular formula is C16H12ClN5OS. The van der Waals surface area contributed by atoms with E-state index in [9.17, 15) is 4.79 Å². The largest absolute Gasteiger partial charge is 0.333 e. The van der Waals surface area contributed by atoms with E-state index in [4.69, 9.17) is 11.6 Å². The third-order valence-electron chi connectivity index (χ3n) is 3.55. The number of anilines is 1. The van der Waals surface area contributed by atoms with E-state index in [2.05, 4.69) is 25.5 Å². The van der Waals surface area contributed by atoms with Gasteiger partial charge in [0.2, 0.25) is 0 Å². The summed E-state index contributed by atoms with van der Waals surface area (Å²) in [7, 11) is 0. The molecular weight excluding hydrogens is 346 g/mol. The van der Waals surface area contributed by atoms with Gasteiger partial charge in [-0.15, -0.1) is 5.10 Å². The maximum Gasteiger partial charge on any atom is 0.323 e. The quantitative estimate of drug-likeness (QED) is 0.656. The second-order valence-electron chi connectivity index (χ2n) is 5.21. The molecule has 4 rings (SSSR count). The fourth-order valence-corrected chi connectivity index (χ4v) is 3.28. The second-order valence-corrected chi connectivity index (χ2v) is 6.61. The molecule has 0 radical (unpaired) electrons. The zero-order valence-electron chi connectivity index (χ0n) is 12.3. The first-order valence-corrected chi connectivity index (χ1v) is 8.56. The first-order valence-electron chi connectivity index (χ1n) is 7.20. The summed E-state index contributed by atoms with van der Waals surface area (Å²) >= 11 is 7.45. The maximum atomic E-state index is 11.3. The number of H-pyrrole nitrogens is 2. The first-order chi connectivity index (χ1) is 11.7. The van der Waals surface area contributed by atoms with Crippen LogP contribution in [0.5, 0.6) is 0 Å². The van der Waals surface area contributed by atoms with Gasteiger partial charge >= 0.3 is 5.69 Å². The Kier molecular flexibility index (Phi) is 3.87. The Hall–Kier alpha value is -2.51. The summed E-state index contributed by atoms with van der Waals surface area (Å²) in [6.45, 7) is 0. The molecule has 0 saturated carbocycles. The van der Waals surface area contributed by atoms with Gasteiger partial charge in [-0.25, -0.2) is 4.79 Å². The summed E-state index contributed by atoms with van der Waals surface area (Å²) in [6.07, 6.45) is 0. The summed E-state index contributed by atoms with van der Waals surface area (Å²) < 4.78 is 0. The van der Waals surface area contributed by atoms with Gasteiger partial charge in [0.1, 0.15) is 0 Å². The molecule has 8 heteroatoms. The summed E-state index contributed by atoms with van der Waals surface area (Å²) in [5.41, 5.74) is 4.05. The highest BCUT2D eigenvalue weighted by Gasteiger charge is 2.13. The third kappa shape index (κ3) is 3.08. The zero-order valence-corrected chi connectivity index (χ0v) is 13.9. The Morgan fingerprint density at radius 1 is 1.04 bits per heavy atom. The second kappa shape index (κ2) is 6.18. The number of nitrogens with zero attached hydrogens (tertiary/aromatic N) is 2. The summed E-state index contributed by atoms with van der Waals surface area (Å²) in [5, 5.41) is 13.2. The summed E-state index contributed by atoms with van der Waals surface area (Å²) in [5.74, 6) is 0.694. The number of hydrogen-bond acceptors (Lipinski definition) is 5. The zero-order chi connectivity index (χ0) is 16.5. The van der Waals surface area contributed by atoms with Gasteiger partial charge < -0.3 is 15.3 Å². The van der Waals surface area contributed by atoms with Gasteiger partial charge in [-0.05, 0) is 36.4 Å². The number of halogens is 1. The first kappa shape index (κ1) is 15.0. The van der Waals surface area contributed by atoms with E-state index in [1.807, 2.05) is 42.5 Å². The predicted octanol–water partition coefficient (Wildman–Crippen LogP) is 3.43. The maximum absolute atomic E-state index is 11.3. The molecule has 2 heterocycles. The van der Waals surface area contributed by atoms with E-state index in [0.717, 1.165) is 33.2 Å². The van der Waals surface area contributed by atoms with E-state index >= 15 is 0 Å². The highest BCUT2D eigenvalue weighted by atomic mass is 35.5. The average Bonchev–Trinajstić information content (AvgIpc) is 2.97. The highest BCUT2D eigenvalue weighted by molar-refractivity contribution is 8.14. The number of nitrogens with one attached hydrogen (secondary N) is 3. The van der Waals surface area contributed by atoms with Crippen LogP contribution in [0.15, 0.2) is 57.5 Å². The smallest absolute Gasteiger partial charge is 0.323 e. The van der Waals surface area contributed by atoms with Crippen LogP contribution >= 0.6 is 23.4 Å². The molecule has 0 spiro atoms. The fraction of sp³-hybridized carbons (Fsp3) is 0.0625. The van der Waals surface area contributed by atoms with E-state index < -0.39 is 0 Å². The van der Waals surface area contributed by atoms with Crippen LogP contribution < -0.4 is 11.0 Å². The van der Waals surface area contributed by atoms with Crippen molar-refractivity contribution in [3.8, 4) is 0 Å². The minimum absolute atomic E-state index is 0.213. The molecule has 0 aliphatic carbocycles. The normalized spacial score (nSPS) is 14.4. The van der Waals surface area contributed by atoms with Crippen LogP contribution in [0.25, 0.3) is 11.0 Å². The number of rotatable bonds is 2. The van der Waals surface area contributed by atoms with Crippen LogP contribution in [0.1, 0.15) is 5.56 Å². The van der Waals surface area contributed by atoms with Crippen LogP contribution in [0.2, 0.25) is 5.02 Å². The predicted molar refractivity (Wildman–Crippen MR) is 100 cm³/mol. The van der Waals surface area contributed by atoms with E-state index in [1.165, 1.54) is 0 Å². The molecule has 3 aromatic rings. The van der Waals surface area contributed by atoms with Gasteiger partial charge in [-0.2, -0.15) is 5.10 Å². The molecule has 0 saturated heterocycles. The van der Waals surface area contributed by atoms with Gasteiger partial charge in [0.05, 0.1) is 16.7 Å². The van der Waals surface area contributed by atoms with Crippen molar-refractivity contribution in [3.05, 3.63) is 63.5 Å². The standard InChI is InChI=1S/C16H12ClN5OS/c17-10-2-4-11(5-3-10)18-16-22-21-14(8-24-16)9-1-6-12-13(7-9)20-15(23)19-12/h1-7H,8H2,(H,18,22)(H2,19,20,23). The molecule has 0 atom stereocenters. The molecule has 1 aliphatic heterocycles. The minimum atomic E-state index is -0.213. The van der Waals surface area contributed by atoms with Crippen molar-refractivity contribution in [2.24, 2.45) is 10.2 Å². The number of hydrogen-bond donors (Lipinski definition) is 3. The van der Waals surface area contributed by atoms with E-state index in [1.54, 1.807) is 11.8 Å². The molecule has 0 amide bonds. The molecule has 6 nitrogen and oxygen atoms in total. The molecule has 0 unspecified atom stereocenters. The number of aromatic nitrogens is 2. The summed E-state index contributed by atoms with van der Waals surface area (Å²) in [4.78, 5) is 16.8. The molecule has 1 aliphatic rings. The van der Waals surface area contributed by atoms with Crippen molar-refractivity contribution in [1.29, 1.82) is 0 Å². The van der Waals surface area contributed by atoms with Crippen molar-refractivity contribution >= 4 is 51.0 Å². The van der Waals surface area contributed by atoms with E-state index in [0.29, 0.717) is 10.8 Å². The van der Waals surface area contributed by atoms with Crippen LogP contribution in [0, 0.1) is 0 Å². The van der Waals surface area contributed by atoms with Crippen molar-refractivity contribution in [1.82, 2.24) is 9.97 Å². The number of amidine groups is 1. The minimum Gasteiger partial charge on any atom is -0.333 e. The third-order valence-corrected chi connectivity index (χ3v) is 4.68. The Bertz CT molecular complexity index is 1020. The molecule has 0 fully saturated rings. The lowest BCUT2D eigenvalue weighted by Gasteiger charge is -2.13. The van der Waals surface area contributed by atoms with Gasteiger partial charge in [-0.3, -0.25) is 0 Å². The van der Waals surface area contributed by atoms with Crippen molar-refractivity contribution < 1.29 is 0 Å². The Morgan fingerprint density at radius 3 is 2.58 bits per heavy atom. The van der Waals surface area contributed by atoms with Crippen LogP contribution in [-0.2, 0) is 0 Å². The SMILES string of the molecule is O=c1[nH]c2ccc(C3=NN=C(Nc4ccc(Cl)cc4)SC3)cc2[nH]1. The average molecular weight is 358 g/mol. The Labute approximate surface area is 146 Å². The molecule has 24 heavy (non-hydrogen) atoms. The number of thioether (sulfide) groups is 1. The summed E-state index contributed by atoms with van der Waals surface area (Å²) in [6, 6.07) is 13.1. The molecule has 0 bridgehead atoms. The molecule has 3 N–H and O–H groups in total. The Balaban J connectivity index is 1.56. The lowest BCUT2D eigenvalue weighted by molar-refractivity contribution is 1.21. The highest BCUT2D eigenvalue weighted by Crippen LogP contribution is 2.20.